The van der Waals surface area contributed by atoms with Crippen molar-refractivity contribution in [3.05, 3.63) is 0 Å². The highest BCUT2D eigenvalue weighted by molar-refractivity contribution is 7.98. The number of hydrogen-bond acceptors (Lipinski definition) is 5. The van der Waals surface area contributed by atoms with Gasteiger partial charge in [0.15, 0.2) is 0 Å². The molecule has 0 aromatic carbocycles. The number of methoxy groups -OCH3 is 1. The predicted molar refractivity (Wildman–Crippen MR) is 90.4 cm³/mol. The fraction of sp³-hybridized carbons (Fsp3) is 0.917. The summed E-state index contributed by atoms with van der Waals surface area (Å²) in [6.45, 7) is 5.11. The molecule has 0 unspecified atom stereocenters. The Hall–Kier alpha value is 0.280. The first-order chi connectivity index (χ1) is 8.69. The van der Waals surface area contributed by atoms with Crippen molar-refractivity contribution >= 4 is 42.5 Å². The smallest absolute Gasteiger partial charge is 0.239 e. The number of carbonyl (C=O) groups is 1. The molecule has 1 atom stereocenters. The SMILES string of the molecule is COCCN1CCN(C(=O)[C@@H](N)CCSC)CC1.Cl.Cl. The molecule has 1 aliphatic heterocycles. The molecule has 0 aromatic heterocycles. The molecule has 1 aliphatic rings. The van der Waals surface area contributed by atoms with Crippen LogP contribution in [-0.4, -0.2) is 80.2 Å². The van der Waals surface area contributed by atoms with Gasteiger partial charge in [-0.1, -0.05) is 0 Å². The monoisotopic (exact) mass is 347 g/mol. The summed E-state index contributed by atoms with van der Waals surface area (Å²) in [5.41, 5.74) is 5.91. The molecule has 0 aromatic rings. The molecule has 1 heterocycles. The summed E-state index contributed by atoms with van der Waals surface area (Å²) in [4.78, 5) is 16.3. The molecule has 5 nitrogen and oxygen atoms in total. The van der Waals surface area contributed by atoms with Crippen molar-refractivity contribution in [3.63, 3.8) is 0 Å². The van der Waals surface area contributed by atoms with Crippen molar-refractivity contribution in [2.45, 2.75) is 12.5 Å². The third kappa shape index (κ3) is 7.90. The number of piperazine rings is 1. The van der Waals surface area contributed by atoms with Gasteiger partial charge in [0.1, 0.15) is 0 Å². The van der Waals surface area contributed by atoms with Crippen molar-refractivity contribution in [1.82, 2.24) is 9.80 Å². The lowest BCUT2D eigenvalue weighted by molar-refractivity contribution is -0.134. The molecule has 122 valence electrons. The van der Waals surface area contributed by atoms with E-state index in [2.05, 4.69) is 4.90 Å². The van der Waals surface area contributed by atoms with Gasteiger partial charge >= 0.3 is 0 Å². The number of thioether (sulfide) groups is 1. The quantitative estimate of drug-likeness (QED) is 0.734. The number of ether oxygens (including phenoxy) is 1. The van der Waals surface area contributed by atoms with E-state index in [9.17, 15) is 4.79 Å². The molecule has 0 radical (unpaired) electrons. The fourth-order valence-corrected chi connectivity index (χ4v) is 2.50. The average molecular weight is 348 g/mol. The van der Waals surface area contributed by atoms with E-state index in [0.717, 1.165) is 51.5 Å². The van der Waals surface area contributed by atoms with Crippen LogP contribution in [0.4, 0.5) is 0 Å². The largest absolute Gasteiger partial charge is 0.383 e. The Morgan fingerprint density at radius 1 is 1.30 bits per heavy atom. The zero-order chi connectivity index (χ0) is 13.4. The highest BCUT2D eigenvalue weighted by Crippen LogP contribution is 2.06. The van der Waals surface area contributed by atoms with Crippen LogP contribution in [0, 0.1) is 0 Å². The van der Waals surface area contributed by atoms with Crippen LogP contribution in [0.15, 0.2) is 0 Å². The van der Waals surface area contributed by atoms with Gasteiger partial charge in [-0.25, -0.2) is 0 Å². The third-order valence-corrected chi connectivity index (χ3v) is 3.89. The lowest BCUT2D eigenvalue weighted by atomic mass is 10.2. The minimum Gasteiger partial charge on any atom is -0.383 e. The number of nitrogens with zero attached hydrogens (tertiary/aromatic N) is 2. The second-order valence-electron chi connectivity index (χ2n) is 4.55. The Bertz CT molecular complexity index is 255. The number of carbonyl (C=O) groups excluding carboxylic acids is 1. The zero-order valence-electron chi connectivity index (χ0n) is 12.2. The molecule has 2 N–H and O–H groups in total. The molecule has 8 heteroatoms. The molecule has 1 amide bonds. The van der Waals surface area contributed by atoms with E-state index < -0.39 is 0 Å². The molecule has 20 heavy (non-hydrogen) atoms. The van der Waals surface area contributed by atoms with Crippen molar-refractivity contribution < 1.29 is 9.53 Å². The summed E-state index contributed by atoms with van der Waals surface area (Å²) in [5, 5.41) is 0. The van der Waals surface area contributed by atoms with Gasteiger partial charge in [-0.3, -0.25) is 9.69 Å². The molecular weight excluding hydrogens is 321 g/mol. The first kappa shape index (κ1) is 22.6. The molecule has 0 aliphatic carbocycles. The van der Waals surface area contributed by atoms with E-state index in [1.165, 1.54) is 0 Å². The molecule has 0 saturated carbocycles. The number of rotatable bonds is 7. The maximum atomic E-state index is 12.1. The van der Waals surface area contributed by atoms with E-state index in [4.69, 9.17) is 10.5 Å². The second-order valence-corrected chi connectivity index (χ2v) is 5.53. The number of halogens is 2. The number of amides is 1. The topological polar surface area (TPSA) is 58.8 Å². The first-order valence-electron chi connectivity index (χ1n) is 6.43. The van der Waals surface area contributed by atoms with Crippen LogP contribution in [0.1, 0.15) is 6.42 Å². The van der Waals surface area contributed by atoms with Crippen molar-refractivity contribution in [2.24, 2.45) is 5.73 Å². The molecule has 1 fully saturated rings. The predicted octanol–water partition coefficient (Wildman–Crippen LogP) is 0.701. The van der Waals surface area contributed by atoms with E-state index in [1.807, 2.05) is 11.2 Å². The minimum atomic E-state index is -0.331. The maximum Gasteiger partial charge on any atom is 0.239 e. The third-order valence-electron chi connectivity index (χ3n) is 3.25. The van der Waals surface area contributed by atoms with Gasteiger partial charge in [0.05, 0.1) is 12.6 Å². The zero-order valence-corrected chi connectivity index (χ0v) is 14.7. The summed E-state index contributed by atoms with van der Waals surface area (Å²) in [7, 11) is 1.71. The van der Waals surface area contributed by atoms with E-state index in [0.29, 0.717) is 0 Å². The van der Waals surface area contributed by atoms with E-state index >= 15 is 0 Å². The molecule has 0 bridgehead atoms. The molecular formula is C12H27Cl2N3O2S. The minimum absolute atomic E-state index is 0. The Morgan fingerprint density at radius 3 is 2.40 bits per heavy atom. The summed E-state index contributed by atoms with van der Waals surface area (Å²) in [5.74, 6) is 1.05. The van der Waals surface area contributed by atoms with Crippen molar-refractivity contribution in [3.8, 4) is 0 Å². The van der Waals surface area contributed by atoms with Crippen LogP contribution < -0.4 is 5.73 Å². The average Bonchev–Trinajstić information content (AvgIpc) is 2.42. The van der Waals surface area contributed by atoms with Crippen LogP contribution in [0.3, 0.4) is 0 Å². The second kappa shape index (κ2) is 13.0. The lowest BCUT2D eigenvalue weighted by Gasteiger charge is -2.35. The van der Waals surface area contributed by atoms with Crippen molar-refractivity contribution in [1.29, 1.82) is 0 Å². The summed E-state index contributed by atoms with van der Waals surface area (Å²) < 4.78 is 5.06. The van der Waals surface area contributed by atoms with Gasteiger partial charge in [-0.15, -0.1) is 24.8 Å². The molecule has 1 saturated heterocycles. The summed E-state index contributed by atoms with van der Waals surface area (Å²) in [6, 6.07) is -0.331. The van der Waals surface area contributed by atoms with E-state index in [1.54, 1.807) is 18.9 Å². The normalized spacial score (nSPS) is 17.1. The van der Waals surface area contributed by atoms with Gasteiger partial charge in [0.25, 0.3) is 0 Å². The van der Waals surface area contributed by atoms with Gasteiger partial charge in [0.2, 0.25) is 5.91 Å². The summed E-state index contributed by atoms with van der Waals surface area (Å²) >= 11 is 1.73. The summed E-state index contributed by atoms with van der Waals surface area (Å²) in [6.07, 6.45) is 2.80. The van der Waals surface area contributed by atoms with Crippen LogP contribution in [0.2, 0.25) is 0 Å². The maximum absolute atomic E-state index is 12.1. The van der Waals surface area contributed by atoms with Gasteiger partial charge in [0, 0.05) is 39.8 Å². The highest BCUT2D eigenvalue weighted by Gasteiger charge is 2.24. The molecule has 0 spiro atoms. The fourth-order valence-electron chi connectivity index (χ4n) is 2.02. The van der Waals surface area contributed by atoms with Crippen LogP contribution >= 0.6 is 36.6 Å². The number of nitrogens with two attached hydrogens (primary N) is 1. The standard InChI is InChI=1S/C12H25N3O2S.2ClH/c1-17-9-8-14-4-6-15(7-5-14)12(16)11(13)3-10-18-2;;/h11H,3-10,13H2,1-2H3;2*1H/t11-;;/m0../s1. The van der Waals surface area contributed by atoms with Crippen LogP contribution in [0.25, 0.3) is 0 Å². The lowest BCUT2D eigenvalue weighted by Crippen LogP contribution is -2.53. The first-order valence-corrected chi connectivity index (χ1v) is 7.83. The van der Waals surface area contributed by atoms with Crippen LogP contribution in [0.5, 0.6) is 0 Å². The Balaban J connectivity index is 0. The van der Waals surface area contributed by atoms with Gasteiger partial charge in [-0.05, 0) is 18.4 Å². The van der Waals surface area contributed by atoms with E-state index in [-0.39, 0.29) is 36.8 Å². The van der Waals surface area contributed by atoms with Gasteiger partial charge in [-0.2, -0.15) is 11.8 Å². The van der Waals surface area contributed by atoms with Gasteiger partial charge < -0.3 is 15.4 Å². The number of hydrogen-bond donors (Lipinski definition) is 1. The highest BCUT2D eigenvalue weighted by atomic mass is 35.5. The van der Waals surface area contributed by atoms with Crippen LogP contribution in [-0.2, 0) is 9.53 Å². The Morgan fingerprint density at radius 2 is 1.90 bits per heavy atom. The Labute approximate surface area is 138 Å². The Kier molecular flexibility index (Phi) is 14.6. The molecule has 1 rings (SSSR count). The van der Waals surface area contributed by atoms with Crippen molar-refractivity contribution in [2.75, 3.05) is 58.4 Å².